The molecule has 0 amide bonds. The number of hydrogen-bond donors (Lipinski definition) is 3. The molecule has 0 saturated carbocycles. The number of nitrogen functional groups attached to an aromatic ring is 1. The maximum Gasteiger partial charge on any atom is 0.190 e. The summed E-state index contributed by atoms with van der Waals surface area (Å²) in [6.07, 6.45) is 1.65. The van der Waals surface area contributed by atoms with Gasteiger partial charge in [0.15, 0.2) is 5.13 Å². The molecule has 0 aromatic carbocycles. The van der Waals surface area contributed by atoms with Crippen molar-refractivity contribution in [1.82, 2.24) is 15.3 Å². The minimum Gasteiger partial charge on any atom is -0.384 e. The number of nitrogens with zero attached hydrogens (tertiary/aromatic N) is 3. The molecule has 2 rings (SSSR count). The third-order valence-corrected chi connectivity index (χ3v) is 4.01. The van der Waals surface area contributed by atoms with Crippen molar-refractivity contribution in [2.45, 2.75) is 27.3 Å². The van der Waals surface area contributed by atoms with Gasteiger partial charge < -0.3 is 16.4 Å². The topological polar surface area (TPSA) is 88.2 Å². The lowest BCUT2D eigenvalue weighted by Gasteiger charge is -2.19. The van der Waals surface area contributed by atoms with E-state index in [0.717, 1.165) is 23.7 Å². The van der Waals surface area contributed by atoms with Crippen LogP contribution in [0.15, 0.2) is 23.7 Å². The second-order valence-corrected chi connectivity index (χ2v) is 7.62. The molecule has 0 fully saturated rings. The van der Waals surface area contributed by atoms with Gasteiger partial charge in [0.1, 0.15) is 22.3 Å². The summed E-state index contributed by atoms with van der Waals surface area (Å²) in [5.74, 6) is 1.12. The van der Waals surface area contributed by atoms with Crippen molar-refractivity contribution in [3.05, 3.63) is 30.0 Å². The molecule has 0 atom stereocenters. The highest BCUT2D eigenvalue weighted by molar-refractivity contribution is 7.19. The fraction of sp³-hybridized carbons (Fsp3) is 0.353. The molecule has 2 aromatic rings. The Balaban J connectivity index is 2.11. The SMILES string of the molecule is C=Cc1nc(Nc2cc(CNCC(C)(C)C)cc(N)n2)sc1N=C. The smallest absolute Gasteiger partial charge is 0.190 e. The highest BCUT2D eigenvalue weighted by Crippen LogP contribution is 2.33. The van der Waals surface area contributed by atoms with Crippen LogP contribution in [0.4, 0.5) is 21.8 Å². The Hall–Kier alpha value is -2.25. The minimum absolute atomic E-state index is 0.232. The summed E-state index contributed by atoms with van der Waals surface area (Å²) in [7, 11) is 0. The molecule has 0 radical (unpaired) electrons. The van der Waals surface area contributed by atoms with Gasteiger partial charge in [-0.15, -0.1) is 0 Å². The molecule has 0 unspecified atom stereocenters. The van der Waals surface area contributed by atoms with E-state index in [1.807, 2.05) is 12.1 Å². The Morgan fingerprint density at radius 1 is 1.33 bits per heavy atom. The first-order valence-corrected chi connectivity index (χ1v) is 8.46. The number of nitrogens with two attached hydrogens (primary N) is 1. The summed E-state index contributed by atoms with van der Waals surface area (Å²) < 4.78 is 0. The maximum absolute atomic E-state index is 5.92. The first kappa shape index (κ1) is 18.1. The first-order valence-electron chi connectivity index (χ1n) is 7.65. The predicted octanol–water partition coefficient (Wildman–Crippen LogP) is 3.97. The molecule has 0 aliphatic heterocycles. The molecule has 4 N–H and O–H groups in total. The van der Waals surface area contributed by atoms with Crippen molar-refractivity contribution in [2.24, 2.45) is 10.4 Å². The van der Waals surface area contributed by atoms with Crippen LogP contribution in [0.1, 0.15) is 32.0 Å². The quantitative estimate of drug-likeness (QED) is 0.661. The monoisotopic (exact) mass is 344 g/mol. The van der Waals surface area contributed by atoms with E-state index < -0.39 is 0 Å². The number of nitrogens with one attached hydrogen (secondary N) is 2. The average Bonchev–Trinajstić information content (AvgIpc) is 2.87. The van der Waals surface area contributed by atoms with Gasteiger partial charge in [-0.3, -0.25) is 4.99 Å². The molecule has 0 aliphatic carbocycles. The van der Waals surface area contributed by atoms with Gasteiger partial charge in [-0.25, -0.2) is 9.97 Å². The van der Waals surface area contributed by atoms with Gasteiger partial charge in [-0.2, -0.15) is 0 Å². The Kier molecular flexibility index (Phi) is 5.69. The summed E-state index contributed by atoms with van der Waals surface area (Å²) in [6.45, 7) is 15.5. The third-order valence-electron chi connectivity index (χ3n) is 3.10. The van der Waals surface area contributed by atoms with Crippen molar-refractivity contribution in [2.75, 3.05) is 17.6 Å². The van der Waals surface area contributed by atoms with Crippen molar-refractivity contribution < 1.29 is 0 Å². The number of aromatic nitrogens is 2. The van der Waals surface area contributed by atoms with E-state index >= 15 is 0 Å². The van der Waals surface area contributed by atoms with Crippen LogP contribution in [0, 0.1) is 5.41 Å². The van der Waals surface area contributed by atoms with Gasteiger partial charge in [0.25, 0.3) is 0 Å². The van der Waals surface area contributed by atoms with Crippen LogP contribution in [-0.4, -0.2) is 23.2 Å². The van der Waals surface area contributed by atoms with Gasteiger partial charge in [0.2, 0.25) is 0 Å². The van der Waals surface area contributed by atoms with Crippen molar-refractivity contribution in [3.8, 4) is 0 Å². The highest BCUT2D eigenvalue weighted by Gasteiger charge is 2.11. The molecule has 0 aliphatic rings. The third kappa shape index (κ3) is 5.14. The van der Waals surface area contributed by atoms with E-state index in [-0.39, 0.29) is 5.41 Å². The molecular formula is C17H24N6S. The molecule has 2 aromatic heterocycles. The van der Waals surface area contributed by atoms with E-state index in [0.29, 0.717) is 22.5 Å². The number of rotatable bonds is 7. The van der Waals surface area contributed by atoms with Crippen LogP contribution in [0.2, 0.25) is 0 Å². The lowest BCUT2D eigenvalue weighted by Crippen LogP contribution is -2.26. The van der Waals surface area contributed by atoms with Gasteiger partial charge in [-0.05, 0) is 35.9 Å². The summed E-state index contributed by atoms with van der Waals surface area (Å²) >= 11 is 1.39. The first-order chi connectivity index (χ1) is 11.3. The summed E-state index contributed by atoms with van der Waals surface area (Å²) in [5, 5.41) is 8.01. The fourth-order valence-corrected chi connectivity index (χ4v) is 2.87. The summed E-state index contributed by atoms with van der Waals surface area (Å²) in [6, 6.07) is 3.83. The van der Waals surface area contributed by atoms with E-state index in [1.54, 1.807) is 6.08 Å². The minimum atomic E-state index is 0.232. The number of thiazole rings is 1. The summed E-state index contributed by atoms with van der Waals surface area (Å²) in [5.41, 5.74) is 7.92. The van der Waals surface area contributed by atoms with Crippen molar-refractivity contribution in [3.63, 3.8) is 0 Å². The fourth-order valence-electron chi connectivity index (χ4n) is 2.09. The zero-order valence-electron chi connectivity index (χ0n) is 14.4. The molecule has 0 spiro atoms. The van der Waals surface area contributed by atoms with Crippen LogP contribution in [0.5, 0.6) is 0 Å². The van der Waals surface area contributed by atoms with E-state index in [9.17, 15) is 0 Å². The Morgan fingerprint density at radius 3 is 2.67 bits per heavy atom. The molecule has 24 heavy (non-hydrogen) atoms. The van der Waals surface area contributed by atoms with Gasteiger partial charge in [0.05, 0.1) is 0 Å². The summed E-state index contributed by atoms with van der Waals surface area (Å²) in [4.78, 5) is 12.7. The molecule has 128 valence electrons. The number of hydrogen-bond acceptors (Lipinski definition) is 7. The van der Waals surface area contributed by atoms with Crippen LogP contribution in [-0.2, 0) is 6.54 Å². The van der Waals surface area contributed by atoms with E-state index in [4.69, 9.17) is 5.73 Å². The number of anilines is 3. The van der Waals surface area contributed by atoms with Crippen LogP contribution >= 0.6 is 11.3 Å². The van der Waals surface area contributed by atoms with Crippen LogP contribution in [0.3, 0.4) is 0 Å². The van der Waals surface area contributed by atoms with Gasteiger partial charge >= 0.3 is 0 Å². The zero-order valence-corrected chi connectivity index (χ0v) is 15.2. The average molecular weight is 344 g/mol. The Bertz CT molecular complexity index is 704. The van der Waals surface area contributed by atoms with Crippen LogP contribution < -0.4 is 16.4 Å². The van der Waals surface area contributed by atoms with Gasteiger partial charge in [0, 0.05) is 13.1 Å². The molecular weight excluding hydrogens is 320 g/mol. The van der Waals surface area contributed by atoms with E-state index in [2.05, 4.69) is 59.7 Å². The standard InChI is InChI=1S/C17H24N6S/c1-6-12-15(19-5)24-16(21-12)23-14-8-11(7-13(18)22-14)9-20-10-17(2,3)4/h6-8,20H,1,5,9-10H2,2-4H3,(H3,18,21,22,23). The molecule has 0 bridgehead atoms. The Morgan fingerprint density at radius 2 is 2.08 bits per heavy atom. The van der Waals surface area contributed by atoms with Gasteiger partial charge in [-0.1, -0.05) is 38.7 Å². The Labute approximate surface area is 146 Å². The lowest BCUT2D eigenvalue weighted by atomic mass is 9.97. The van der Waals surface area contributed by atoms with E-state index in [1.165, 1.54) is 11.3 Å². The second kappa shape index (κ2) is 7.55. The highest BCUT2D eigenvalue weighted by atomic mass is 32.1. The molecule has 7 heteroatoms. The second-order valence-electron chi connectivity index (χ2n) is 6.65. The number of pyridine rings is 1. The lowest BCUT2D eigenvalue weighted by molar-refractivity contribution is 0.379. The molecule has 6 nitrogen and oxygen atoms in total. The largest absolute Gasteiger partial charge is 0.384 e. The van der Waals surface area contributed by atoms with Crippen molar-refractivity contribution in [1.29, 1.82) is 0 Å². The number of aliphatic imine (C=N–C) groups is 1. The molecule has 0 saturated heterocycles. The molecule has 2 heterocycles. The predicted molar refractivity (Wildman–Crippen MR) is 105 cm³/mol. The van der Waals surface area contributed by atoms with Crippen LogP contribution in [0.25, 0.3) is 6.08 Å². The maximum atomic E-state index is 5.92. The van der Waals surface area contributed by atoms with Crippen molar-refractivity contribution >= 4 is 45.9 Å². The zero-order chi connectivity index (χ0) is 17.7. The normalized spacial score (nSPS) is 11.3.